The zero-order valence-electron chi connectivity index (χ0n) is 11.7. The minimum atomic E-state index is -1.64. The van der Waals surface area contributed by atoms with Gasteiger partial charge in [-0.05, 0) is 42.8 Å². The summed E-state index contributed by atoms with van der Waals surface area (Å²) >= 11 is 5.83. The lowest BCUT2D eigenvalue weighted by atomic mass is 9.88. The SMILES string of the molecule is COc1cccc(F)c1C(C)(O)Cc1cc(Cl)ccc1F. The van der Waals surface area contributed by atoms with Crippen molar-refractivity contribution in [1.82, 2.24) is 0 Å². The van der Waals surface area contributed by atoms with Crippen molar-refractivity contribution in [2.75, 3.05) is 7.11 Å². The summed E-state index contributed by atoms with van der Waals surface area (Å²) in [6.07, 6.45) is -0.128. The molecule has 0 aliphatic carbocycles. The summed E-state index contributed by atoms with van der Waals surface area (Å²) in [6.45, 7) is 1.41. The van der Waals surface area contributed by atoms with Crippen molar-refractivity contribution >= 4 is 11.6 Å². The van der Waals surface area contributed by atoms with Gasteiger partial charge in [-0.2, -0.15) is 0 Å². The second-order valence-electron chi connectivity index (χ2n) is 5.00. The summed E-state index contributed by atoms with van der Waals surface area (Å²) in [5.41, 5.74) is -1.44. The number of halogens is 3. The van der Waals surface area contributed by atoms with Crippen molar-refractivity contribution in [1.29, 1.82) is 0 Å². The highest BCUT2D eigenvalue weighted by Gasteiger charge is 2.31. The predicted molar refractivity (Wildman–Crippen MR) is 77.6 cm³/mol. The van der Waals surface area contributed by atoms with Gasteiger partial charge in [0, 0.05) is 11.4 Å². The highest BCUT2D eigenvalue weighted by Crippen LogP contribution is 2.35. The van der Waals surface area contributed by atoms with Gasteiger partial charge < -0.3 is 9.84 Å². The van der Waals surface area contributed by atoms with Crippen LogP contribution < -0.4 is 4.74 Å². The first kappa shape index (κ1) is 15.7. The molecule has 0 aromatic heterocycles. The molecule has 2 nitrogen and oxygen atoms in total. The molecule has 21 heavy (non-hydrogen) atoms. The van der Waals surface area contributed by atoms with Gasteiger partial charge in [0.15, 0.2) is 0 Å². The van der Waals surface area contributed by atoms with Gasteiger partial charge >= 0.3 is 0 Å². The first-order valence-corrected chi connectivity index (χ1v) is 6.72. The summed E-state index contributed by atoms with van der Waals surface area (Å²) in [7, 11) is 1.38. The number of hydrogen-bond donors (Lipinski definition) is 1. The van der Waals surface area contributed by atoms with Crippen molar-refractivity contribution in [3.8, 4) is 5.75 Å². The summed E-state index contributed by atoms with van der Waals surface area (Å²) in [5.74, 6) is -0.904. The Hall–Kier alpha value is -1.65. The first-order chi connectivity index (χ1) is 9.85. The van der Waals surface area contributed by atoms with Crippen LogP contribution in [0, 0.1) is 11.6 Å². The van der Waals surface area contributed by atoms with E-state index in [9.17, 15) is 13.9 Å². The van der Waals surface area contributed by atoms with E-state index in [1.54, 1.807) is 6.07 Å². The fourth-order valence-electron chi connectivity index (χ4n) is 2.34. The molecule has 2 rings (SSSR count). The third-order valence-electron chi connectivity index (χ3n) is 3.28. The van der Waals surface area contributed by atoms with Crippen molar-refractivity contribution in [2.45, 2.75) is 18.9 Å². The van der Waals surface area contributed by atoms with E-state index in [1.165, 1.54) is 44.4 Å². The van der Waals surface area contributed by atoms with E-state index in [-0.39, 0.29) is 23.3 Å². The largest absolute Gasteiger partial charge is 0.496 e. The predicted octanol–water partition coefficient (Wildman–Crippen LogP) is 4.08. The zero-order chi connectivity index (χ0) is 15.6. The highest BCUT2D eigenvalue weighted by atomic mass is 35.5. The molecule has 0 heterocycles. The molecular weight excluding hydrogens is 298 g/mol. The molecule has 0 aliphatic heterocycles. The molecule has 1 unspecified atom stereocenters. The number of methoxy groups -OCH3 is 1. The van der Waals surface area contributed by atoms with Crippen LogP contribution in [-0.2, 0) is 12.0 Å². The summed E-state index contributed by atoms with van der Waals surface area (Å²) in [5, 5.41) is 11.0. The third kappa shape index (κ3) is 3.34. The van der Waals surface area contributed by atoms with Crippen LogP contribution in [0.1, 0.15) is 18.1 Å². The van der Waals surface area contributed by atoms with E-state index >= 15 is 0 Å². The number of benzene rings is 2. The Labute approximate surface area is 126 Å². The molecule has 0 amide bonds. The van der Waals surface area contributed by atoms with Crippen LogP contribution in [0.25, 0.3) is 0 Å². The molecule has 0 spiro atoms. The maximum absolute atomic E-state index is 14.1. The van der Waals surface area contributed by atoms with Crippen molar-refractivity contribution in [3.63, 3.8) is 0 Å². The number of ether oxygens (including phenoxy) is 1. The molecule has 2 aromatic rings. The number of rotatable bonds is 4. The van der Waals surface area contributed by atoms with Gasteiger partial charge in [0.05, 0.1) is 18.3 Å². The Morgan fingerprint density at radius 3 is 2.57 bits per heavy atom. The van der Waals surface area contributed by atoms with Crippen LogP contribution in [-0.4, -0.2) is 12.2 Å². The molecule has 2 aromatic carbocycles. The molecule has 0 fully saturated rings. The molecule has 0 saturated heterocycles. The minimum absolute atomic E-state index is 0.00752. The number of aliphatic hydroxyl groups is 1. The van der Waals surface area contributed by atoms with E-state index in [1.807, 2.05) is 0 Å². The molecule has 1 N–H and O–H groups in total. The Balaban J connectivity index is 2.45. The van der Waals surface area contributed by atoms with Crippen LogP contribution in [0.4, 0.5) is 8.78 Å². The smallest absolute Gasteiger partial charge is 0.133 e. The Bertz CT molecular complexity index is 657. The van der Waals surface area contributed by atoms with Gasteiger partial charge in [0.1, 0.15) is 17.4 Å². The molecule has 5 heteroatoms. The maximum atomic E-state index is 14.1. The Morgan fingerprint density at radius 2 is 1.90 bits per heavy atom. The van der Waals surface area contributed by atoms with E-state index in [0.29, 0.717) is 5.02 Å². The Kier molecular flexibility index (Phi) is 4.49. The van der Waals surface area contributed by atoms with Gasteiger partial charge in [0.25, 0.3) is 0 Å². The average Bonchev–Trinajstić information content (AvgIpc) is 2.42. The van der Waals surface area contributed by atoms with Crippen LogP contribution in [0.3, 0.4) is 0 Å². The van der Waals surface area contributed by atoms with Crippen molar-refractivity contribution < 1.29 is 18.6 Å². The molecule has 1 atom stereocenters. The van der Waals surface area contributed by atoms with Gasteiger partial charge in [-0.15, -0.1) is 0 Å². The molecule has 0 saturated carbocycles. The zero-order valence-corrected chi connectivity index (χ0v) is 12.4. The quantitative estimate of drug-likeness (QED) is 0.922. The maximum Gasteiger partial charge on any atom is 0.133 e. The normalized spacial score (nSPS) is 13.8. The van der Waals surface area contributed by atoms with E-state index in [0.717, 1.165) is 0 Å². The van der Waals surface area contributed by atoms with Gasteiger partial charge in [-0.1, -0.05) is 17.7 Å². The van der Waals surface area contributed by atoms with E-state index in [4.69, 9.17) is 16.3 Å². The van der Waals surface area contributed by atoms with E-state index < -0.39 is 17.2 Å². The monoisotopic (exact) mass is 312 g/mol. The average molecular weight is 313 g/mol. The van der Waals surface area contributed by atoms with Crippen LogP contribution in [0.5, 0.6) is 5.75 Å². The molecule has 0 aliphatic rings. The highest BCUT2D eigenvalue weighted by molar-refractivity contribution is 6.30. The lowest BCUT2D eigenvalue weighted by Crippen LogP contribution is -2.27. The molecule has 0 bridgehead atoms. The van der Waals surface area contributed by atoms with Crippen LogP contribution in [0.2, 0.25) is 5.02 Å². The topological polar surface area (TPSA) is 29.5 Å². The minimum Gasteiger partial charge on any atom is -0.496 e. The van der Waals surface area contributed by atoms with Crippen molar-refractivity contribution in [2.24, 2.45) is 0 Å². The fourth-order valence-corrected chi connectivity index (χ4v) is 2.53. The lowest BCUT2D eigenvalue weighted by molar-refractivity contribution is 0.0501. The number of hydrogen-bond acceptors (Lipinski definition) is 2. The first-order valence-electron chi connectivity index (χ1n) is 6.34. The lowest BCUT2D eigenvalue weighted by Gasteiger charge is -2.26. The second kappa shape index (κ2) is 6.00. The van der Waals surface area contributed by atoms with E-state index in [2.05, 4.69) is 0 Å². The van der Waals surface area contributed by atoms with Gasteiger partial charge in [-0.25, -0.2) is 8.78 Å². The van der Waals surface area contributed by atoms with Crippen LogP contribution in [0.15, 0.2) is 36.4 Å². The van der Waals surface area contributed by atoms with Gasteiger partial charge in [-0.3, -0.25) is 0 Å². The summed E-state index contributed by atoms with van der Waals surface area (Å²) < 4.78 is 32.9. The molecule has 112 valence electrons. The molecule has 0 radical (unpaired) electrons. The fraction of sp³-hybridized carbons (Fsp3) is 0.250. The van der Waals surface area contributed by atoms with Crippen LogP contribution >= 0.6 is 11.6 Å². The summed E-state index contributed by atoms with van der Waals surface area (Å²) in [4.78, 5) is 0. The van der Waals surface area contributed by atoms with Crippen molar-refractivity contribution in [3.05, 3.63) is 64.2 Å². The standard InChI is InChI=1S/C16H15ClF2O2/c1-16(20,9-10-8-11(17)6-7-12(10)18)15-13(19)4-3-5-14(15)21-2/h3-8,20H,9H2,1-2H3. The second-order valence-corrected chi connectivity index (χ2v) is 5.44. The molecular formula is C16H15ClF2O2. The van der Waals surface area contributed by atoms with Gasteiger partial charge in [0.2, 0.25) is 0 Å². The third-order valence-corrected chi connectivity index (χ3v) is 3.51. The Morgan fingerprint density at radius 1 is 1.19 bits per heavy atom. The summed E-state index contributed by atoms with van der Waals surface area (Å²) in [6, 6.07) is 8.29.